The minimum Gasteiger partial charge on any atom is -0.429 e. The van der Waals surface area contributed by atoms with Crippen LogP contribution in [0.4, 0.5) is 5.95 Å². The second kappa shape index (κ2) is 8.87. The molecule has 10 nitrogen and oxygen atoms in total. The number of benzene rings is 1. The summed E-state index contributed by atoms with van der Waals surface area (Å²) in [6, 6.07) is 6.72. The Morgan fingerprint density at radius 1 is 1.00 bits per heavy atom. The van der Waals surface area contributed by atoms with Crippen molar-refractivity contribution in [2.45, 2.75) is 11.6 Å². The highest BCUT2D eigenvalue weighted by molar-refractivity contribution is 7.89. The number of nitrogens with zero attached hydrogens (tertiary/aromatic N) is 6. The zero-order chi connectivity index (χ0) is 22.1. The maximum absolute atomic E-state index is 13.1. The third-order valence-electron chi connectivity index (χ3n) is 5.80. The molecule has 0 bridgehead atoms. The molecule has 1 aromatic carbocycles. The van der Waals surface area contributed by atoms with Crippen molar-refractivity contribution in [3.63, 3.8) is 0 Å². The molecule has 0 amide bonds. The van der Waals surface area contributed by atoms with Crippen molar-refractivity contribution in [2.24, 2.45) is 0 Å². The highest BCUT2D eigenvalue weighted by atomic mass is 32.2. The lowest BCUT2D eigenvalue weighted by Gasteiger charge is -2.34. The van der Waals surface area contributed by atoms with Gasteiger partial charge in [-0.2, -0.15) is 4.31 Å². The highest BCUT2D eigenvalue weighted by Crippen LogP contribution is 2.25. The van der Waals surface area contributed by atoms with Crippen molar-refractivity contribution < 1.29 is 17.6 Å². The van der Waals surface area contributed by atoms with E-state index in [2.05, 4.69) is 19.8 Å². The molecule has 12 heteroatoms. The van der Waals surface area contributed by atoms with E-state index >= 15 is 0 Å². The fourth-order valence-corrected chi connectivity index (χ4v) is 5.69. The summed E-state index contributed by atoms with van der Waals surface area (Å²) >= 11 is 5.45. The van der Waals surface area contributed by atoms with Gasteiger partial charge in [0.2, 0.25) is 16.0 Å². The summed E-state index contributed by atoms with van der Waals surface area (Å²) in [6.07, 6.45) is 3.49. The first-order valence-corrected chi connectivity index (χ1v) is 12.3. The molecule has 2 saturated heterocycles. The quantitative estimate of drug-likeness (QED) is 0.508. The van der Waals surface area contributed by atoms with Crippen molar-refractivity contribution in [2.75, 3.05) is 57.4 Å². The van der Waals surface area contributed by atoms with Gasteiger partial charge in [-0.3, -0.25) is 9.47 Å². The zero-order valence-corrected chi connectivity index (χ0v) is 19.1. The lowest BCUT2D eigenvalue weighted by atomic mass is 10.3. The second-order valence-electron chi connectivity index (χ2n) is 7.74. The number of anilines is 1. The number of rotatable bonds is 5. The number of aromatic nitrogens is 3. The first-order valence-electron chi connectivity index (χ1n) is 10.5. The standard InChI is InChI=1S/C20H24N6O4S2/c27-32(28,25-10-12-29-13-11-25)16-2-3-18-17(14-16)26(20(31)30-18)15-23-6-8-24(9-7-23)19-21-4-1-5-22-19/h1-5,14H,6-13,15H2. The van der Waals surface area contributed by atoms with Gasteiger partial charge in [-0.25, -0.2) is 18.4 Å². The number of hydrogen-bond acceptors (Lipinski definition) is 9. The third-order valence-corrected chi connectivity index (χ3v) is 7.99. The van der Waals surface area contributed by atoms with E-state index in [0.29, 0.717) is 48.9 Å². The van der Waals surface area contributed by atoms with Crippen LogP contribution in [0.25, 0.3) is 11.1 Å². The van der Waals surface area contributed by atoms with Gasteiger partial charge in [0, 0.05) is 51.7 Å². The number of fused-ring (bicyclic) bond motifs is 1. The molecule has 170 valence electrons. The number of hydrogen-bond donors (Lipinski definition) is 0. The SMILES string of the molecule is O=S(=O)(c1ccc2oc(=S)n(CN3CCN(c4ncccn4)CC3)c2c1)N1CCOCC1. The van der Waals surface area contributed by atoms with Crippen molar-refractivity contribution in [1.82, 2.24) is 23.7 Å². The molecular formula is C20H24N6O4S2. The Bertz CT molecular complexity index is 1250. The molecule has 3 aromatic rings. The van der Waals surface area contributed by atoms with Crippen LogP contribution in [-0.2, 0) is 21.4 Å². The van der Waals surface area contributed by atoms with E-state index in [0.717, 1.165) is 32.1 Å². The first kappa shape index (κ1) is 21.5. The largest absolute Gasteiger partial charge is 0.429 e. The predicted octanol–water partition coefficient (Wildman–Crippen LogP) is 1.55. The monoisotopic (exact) mass is 476 g/mol. The minimum atomic E-state index is -3.60. The van der Waals surface area contributed by atoms with Crippen LogP contribution in [0.3, 0.4) is 0 Å². The van der Waals surface area contributed by atoms with Crippen LogP contribution in [0.1, 0.15) is 0 Å². The number of piperazine rings is 1. The highest BCUT2D eigenvalue weighted by Gasteiger charge is 2.27. The van der Waals surface area contributed by atoms with Gasteiger partial charge < -0.3 is 14.1 Å². The molecule has 0 N–H and O–H groups in total. The molecule has 0 aliphatic carbocycles. The van der Waals surface area contributed by atoms with E-state index in [9.17, 15) is 8.42 Å². The fourth-order valence-electron chi connectivity index (χ4n) is 4.02. The average molecular weight is 477 g/mol. The molecule has 2 aliphatic rings. The summed E-state index contributed by atoms with van der Waals surface area (Å²) in [5.74, 6) is 0.732. The number of oxazole rings is 1. The van der Waals surface area contributed by atoms with Crippen molar-refractivity contribution in [1.29, 1.82) is 0 Å². The summed E-state index contributed by atoms with van der Waals surface area (Å²) < 4.78 is 40.5. The molecule has 32 heavy (non-hydrogen) atoms. The molecule has 2 aromatic heterocycles. The zero-order valence-electron chi connectivity index (χ0n) is 17.5. The van der Waals surface area contributed by atoms with Crippen LogP contribution >= 0.6 is 12.2 Å². The van der Waals surface area contributed by atoms with Gasteiger partial charge in [0.15, 0.2) is 5.58 Å². The Balaban J connectivity index is 1.36. The Morgan fingerprint density at radius 3 is 2.44 bits per heavy atom. The topological polar surface area (TPSA) is 96.9 Å². The van der Waals surface area contributed by atoms with E-state index in [4.69, 9.17) is 21.4 Å². The molecular weight excluding hydrogens is 452 g/mol. The summed E-state index contributed by atoms with van der Waals surface area (Å²) in [7, 11) is -3.60. The van der Waals surface area contributed by atoms with Gasteiger partial charge in [0.05, 0.1) is 30.3 Å². The molecule has 0 radical (unpaired) electrons. The maximum atomic E-state index is 13.1. The molecule has 0 spiro atoms. The van der Waals surface area contributed by atoms with Gasteiger partial charge in [0.25, 0.3) is 4.84 Å². The average Bonchev–Trinajstić information content (AvgIpc) is 3.15. The van der Waals surface area contributed by atoms with Gasteiger partial charge >= 0.3 is 0 Å². The Hall–Kier alpha value is -2.38. The minimum absolute atomic E-state index is 0.238. The molecule has 4 heterocycles. The van der Waals surface area contributed by atoms with Gasteiger partial charge in [-0.15, -0.1) is 0 Å². The van der Waals surface area contributed by atoms with Gasteiger partial charge in [-0.1, -0.05) is 0 Å². The molecule has 0 atom stereocenters. The summed E-state index contributed by atoms with van der Waals surface area (Å²) in [6.45, 7) is 5.24. The van der Waals surface area contributed by atoms with E-state index < -0.39 is 10.0 Å². The molecule has 0 unspecified atom stereocenters. The first-order chi connectivity index (χ1) is 15.5. The maximum Gasteiger partial charge on any atom is 0.270 e. The van der Waals surface area contributed by atoms with Crippen LogP contribution in [0.15, 0.2) is 46.0 Å². The third kappa shape index (κ3) is 4.16. The van der Waals surface area contributed by atoms with E-state index in [1.807, 2.05) is 4.57 Å². The summed E-state index contributed by atoms with van der Waals surface area (Å²) in [5, 5.41) is 0. The summed E-state index contributed by atoms with van der Waals surface area (Å²) in [4.78, 5) is 13.6. The van der Waals surface area contributed by atoms with Crippen molar-refractivity contribution in [3.8, 4) is 0 Å². The Labute approximate surface area is 191 Å². The summed E-state index contributed by atoms with van der Waals surface area (Å²) in [5.41, 5.74) is 1.26. The fraction of sp³-hybridized carbons (Fsp3) is 0.450. The smallest absolute Gasteiger partial charge is 0.270 e. The van der Waals surface area contributed by atoms with E-state index in [-0.39, 0.29) is 4.90 Å². The predicted molar refractivity (Wildman–Crippen MR) is 120 cm³/mol. The normalized spacial score (nSPS) is 18.9. The molecule has 5 rings (SSSR count). The number of morpholine rings is 1. The number of sulfonamides is 1. The lowest BCUT2D eigenvalue weighted by Crippen LogP contribution is -2.47. The molecule has 2 aliphatic heterocycles. The molecule has 0 saturated carbocycles. The van der Waals surface area contributed by atoms with Gasteiger partial charge in [-0.05, 0) is 36.5 Å². The van der Waals surface area contributed by atoms with Crippen LogP contribution < -0.4 is 4.90 Å². The lowest BCUT2D eigenvalue weighted by molar-refractivity contribution is 0.0730. The van der Waals surface area contributed by atoms with E-state index in [1.165, 1.54) is 4.31 Å². The van der Waals surface area contributed by atoms with Crippen molar-refractivity contribution in [3.05, 3.63) is 41.5 Å². The van der Waals surface area contributed by atoms with Crippen molar-refractivity contribution >= 4 is 39.3 Å². The number of ether oxygens (including phenoxy) is 1. The van der Waals surface area contributed by atoms with Gasteiger partial charge in [0.1, 0.15) is 0 Å². The Kier molecular flexibility index (Phi) is 5.95. The van der Waals surface area contributed by atoms with Crippen LogP contribution in [0.5, 0.6) is 0 Å². The molecule has 2 fully saturated rings. The Morgan fingerprint density at radius 2 is 1.72 bits per heavy atom. The van der Waals surface area contributed by atoms with Crippen LogP contribution in [0.2, 0.25) is 0 Å². The van der Waals surface area contributed by atoms with E-state index in [1.54, 1.807) is 36.7 Å². The second-order valence-corrected chi connectivity index (χ2v) is 10.0. The van der Waals surface area contributed by atoms with Crippen LogP contribution in [0, 0.1) is 4.84 Å². The van der Waals surface area contributed by atoms with Crippen LogP contribution in [-0.4, -0.2) is 84.6 Å².